The fourth-order valence-corrected chi connectivity index (χ4v) is 2.68. The normalized spacial score (nSPS) is 16.5. The van der Waals surface area contributed by atoms with E-state index >= 15 is 0 Å². The molecule has 0 radical (unpaired) electrons. The summed E-state index contributed by atoms with van der Waals surface area (Å²) in [4.78, 5) is 4.33. The van der Waals surface area contributed by atoms with Gasteiger partial charge in [-0.05, 0) is 48.6 Å². The van der Waals surface area contributed by atoms with Crippen LogP contribution < -0.4 is 10.6 Å². The van der Waals surface area contributed by atoms with Crippen LogP contribution in [-0.4, -0.2) is 19.0 Å². The van der Waals surface area contributed by atoms with E-state index in [2.05, 4.69) is 65.0 Å². The number of fused-ring (bicyclic) bond motifs is 1. The Balaban J connectivity index is 0.00000176. The van der Waals surface area contributed by atoms with E-state index in [-0.39, 0.29) is 30.0 Å². The summed E-state index contributed by atoms with van der Waals surface area (Å²) in [5.74, 6) is 0.903. The third kappa shape index (κ3) is 3.91. The van der Waals surface area contributed by atoms with E-state index in [4.69, 9.17) is 0 Å². The van der Waals surface area contributed by atoms with Crippen molar-refractivity contribution in [1.29, 1.82) is 0 Å². The minimum Gasteiger partial charge on any atom is -0.354 e. The first kappa shape index (κ1) is 17.1. The van der Waals surface area contributed by atoms with Crippen molar-refractivity contribution in [3.8, 4) is 0 Å². The molecule has 2 aromatic carbocycles. The van der Waals surface area contributed by atoms with E-state index in [9.17, 15) is 0 Å². The molecule has 3 rings (SSSR count). The molecule has 0 bridgehead atoms. The van der Waals surface area contributed by atoms with Crippen molar-refractivity contribution in [2.75, 3.05) is 7.05 Å². The molecule has 0 aromatic heterocycles. The molecule has 2 N–H and O–H groups in total. The van der Waals surface area contributed by atoms with Gasteiger partial charge in [0, 0.05) is 13.1 Å². The second-order valence-electron chi connectivity index (χ2n) is 5.82. The van der Waals surface area contributed by atoms with Crippen LogP contribution in [0, 0.1) is 0 Å². The molecule has 1 fully saturated rings. The summed E-state index contributed by atoms with van der Waals surface area (Å²) in [6.07, 6.45) is 3.84. The van der Waals surface area contributed by atoms with E-state index in [1.807, 2.05) is 7.05 Å². The smallest absolute Gasteiger partial charge is 0.191 e. The summed E-state index contributed by atoms with van der Waals surface area (Å²) >= 11 is 0. The number of rotatable bonds is 3. The molecule has 1 saturated carbocycles. The van der Waals surface area contributed by atoms with Crippen LogP contribution in [-0.2, 0) is 0 Å². The van der Waals surface area contributed by atoms with Crippen LogP contribution in [0.1, 0.15) is 37.8 Å². The minimum atomic E-state index is 0. The van der Waals surface area contributed by atoms with Crippen LogP contribution in [0.2, 0.25) is 0 Å². The lowest BCUT2D eigenvalue weighted by Gasteiger charge is -2.29. The monoisotopic (exact) mass is 409 g/mol. The van der Waals surface area contributed by atoms with Crippen molar-refractivity contribution < 1.29 is 0 Å². The first-order chi connectivity index (χ1) is 10.3. The molecule has 4 heteroatoms. The van der Waals surface area contributed by atoms with E-state index in [1.54, 1.807) is 0 Å². The standard InChI is InChI=1S/C18H23N3.HI/c1-13(20-18(19-2)21-17-8-5-9-17)15-11-10-14-6-3-4-7-16(14)12-15;/h3-4,6-7,10-13,17H,5,8-9H2,1-2H3,(H2,19,20,21);1H. The maximum atomic E-state index is 4.33. The van der Waals surface area contributed by atoms with Gasteiger partial charge in [0.2, 0.25) is 0 Å². The highest BCUT2D eigenvalue weighted by atomic mass is 127. The predicted octanol–water partition coefficient (Wildman–Crippen LogP) is 4.24. The van der Waals surface area contributed by atoms with Gasteiger partial charge in [-0.15, -0.1) is 24.0 Å². The van der Waals surface area contributed by atoms with Crippen molar-refractivity contribution in [1.82, 2.24) is 10.6 Å². The maximum Gasteiger partial charge on any atom is 0.191 e. The summed E-state index contributed by atoms with van der Waals surface area (Å²) in [6.45, 7) is 2.18. The van der Waals surface area contributed by atoms with Crippen molar-refractivity contribution in [2.45, 2.75) is 38.3 Å². The highest BCUT2D eigenvalue weighted by Crippen LogP contribution is 2.21. The number of nitrogens with zero attached hydrogens (tertiary/aromatic N) is 1. The summed E-state index contributed by atoms with van der Waals surface area (Å²) in [6, 6.07) is 15.9. The molecule has 1 atom stereocenters. The molecule has 0 heterocycles. The third-order valence-corrected chi connectivity index (χ3v) is 4.30. The molecule has 0 spiro atoms. The van der Waals surface area contributed by atoms with Gasteiger partial charge in [0.05, 0.1) is 6.04 Å². The Kier molecular flexibility index (Phi) is 6.06. The Morgan fingerprint density at radius 3 is 2.50 bits per heavy atom. The van der Waals surface area contributed by atoms with E-state index in [0.29, 0.717) is 6.04 Å². The second-order valence-corrected chi connectivity index (χ2v) is 5.82. The molecule has 0 amide bonds. The zero-order chi connectivity index (χ0) is 14.7. The number of aliphatic imine (C=N–C) groups is 1. The molecule has 118 valence electrons. The topological polar surface area (TPSA) is 36.4 Å². The van der Waals surface area contributed by atoms with Crippen molar-refractivity contribution >= 4 is 40.7 Å². The van der Waals surface area contributed by atoms with Gasteiger partial charge in [0.15, 0.2) is 5.96 Å². The van der Waals surface area contributed by atoms with Crippen molar-refractivity contribution in [2.24, 2.45) is 4.99 Å². The Hall–Kier alpha value is -1.30. The zero-order valence-corrected chi connectivity index (χ0v) is 15.5. The van der Waals surface area contributed by atoms with E-state index < -0.39 is 0 Å². The van der Waals surface area contributed by atoms with Gasteiger partial charge in [0.1, 0.15) is 0 Å². The third-order valence-electron chi connectivity index (χ3n) is 4.30. The Bertz CT molecular complexity index is 650. The summed E-state index contributed by atoms with van der Waals surface area (Å²) in [7, 11) is 1.83. The number of hydrogen-bond acceptors (Lipinski definition) is 1. The van der Waals surface area contributed by atoms with Crippen LogP contribution in [0.5, 0.6) is 0 Å². The number of hydrogen-bond donors (Lipinski definition) is 2. The first-order valence-corrected chi connectivity index (χ1v) is 7.75. The molecule has 0 saturated heterocycles. The average molecular weight is 409 g/mol. The quantitative estimate of drug-likeness (QED) is 0.452. The SMILES string of the molecule is CN=C(NC1CCC1)NC(C)c1ccc2ccccc2c1.I. The van der Waals surface area contributed by atoms with Gasteiger partial charge < -0.3 is 10.6 Å². The molecular weight excluding hydrogens is 385 g/mol. The first-order valence-electron chi connectivity index (χ1n) is 7.75. The van der Waals surface area contributed by atoms with E-state index in [0.717, 1.165) is 5.96 Å². The highest BCUT2D eigenvalue weighted by Gasteiger charge is 2.19. The van der Waals surface area contributed by atoms with Crippen LogP contribution in [0.25, 0.3) is 10.8 Å². The number of benzene rings is 2. The lowest BCUT2D eigenvalue weighted by Crippen LogP contribution is -2.46. The van der Waals surface area contributed by atoms with E-state index in [1.165, 1.54) is 35.6 Å². The van der Waals surface area contributed by atoms with Gasteiger partial charge in [-0.25, -0.2) is 0 Å². The second kappa shape index (κ2) is 7.81. The number of halogens is 1. The summed E-state index contributed by atoms with van der Waals surface area (Å²) in [5, 5.41) is 9.53. The van der Waals surface area contributed by atoms with Crippen molar-refractivity contribution in [3.63, 3.8) is 0 Å². The number of nitrogens with one attached hydrogen (secondary N) is 2. The zero-order valence-electron chi connectivity index (χ0n) is 13.2. The lowest BCUT2D eigenvalue weighted by molar-refractivity contribution is 0.378. The summed E-state index contributed by atoms with van der Waals surface area (Å²) in [5.41, 5.74) is 1.28. The van der Waals surface area contributed by atoms with Gasteiger partial charge in [-0.1, -0.05) is 36.4 Å². The van der Waals surface area contributed by atoms with Crippen LogP contribution in [0.15, 0.2) is 47.5 Å². The molecule has 2 aromatic rings. The minimum absolute atomic E-state index is 0. The Morgan fingerprint density at radius 1 is 1.14 bits per heavy atom. The average Bonchev–Trinajstić information content (AvgIpc) is 2.48. The van der Waals surface area contributed by atoms with Crippen LogP contribution in [0.4, 0.5) is 0 Å². The van der Waals surface area contributed by atoms with Crippen LogP contribution >= 0.6 is 24.0 Å². The Labute approximate surface area is 149 Å². The molecule has 0 aliphatic heterocycles. The predicted molar refractivity (Wildman–Crippen MR) is 105 cm³/mol. The molecule has 1 aliphatic carbocycles. The number of guanidine groups is 1. The van der Waals surface area contributed by atoms with Crippen LogP contribution in [0.3, 0.4) is 0 Å². The van der Waals surface area contributed by atoms with Gasteiger partial charge in [0.25, 0.3) is 0 Å². The molecule has 1 unspecified atom stereocenters. The largest absolute Gasteiger partial charge is 0.354 e. The molecule has 3 nitrogen and oxygen atoms in total. The van der Waals surface area contributed by atoms with Gasteiger partial charge in [-0.2, -0.15) is 0 Å². The van der Waals surface area contributed by atoms with Gasteiger partial charge >= 0.3 is 0 Å². The highest BCUT2D eigenvalue weighted by molar-refractivity contribution is 14.0. The Morgan fingerprint density at radius 2 is 1.86 bits per heavy atom. The molecule has 1 aliphatic rings. The maximum absolute atomic E-state index is 4.33. The fraction of sp³-hybridized carbons (Fsp3) is 0.389. The van der Waals surface area contributed by atoms with Gasteiger partial charge in [-0.3, -0.25) is 4.99 Å². The molecular formula is C18H24IN3. The summed E-state index contributed by atoms with van der Waals surface area (Å²) < 4.78 is 0. The molecule has 22 heavy (non-hydrogen) atoms. The van der Waals surface area contributed by atoms with Crippen molar-refractivity contribution in [3.05, 3.63) is 48.0 Å². The fourth-order valence-electron chi connectivity index (χ4n) is 2.68. The lowest BCUT2D eigenvalue weighted by atomic mass is 9.93.